The number of nitrogens with zero attached hydrogens (tertiary/aromatic N) is 1. The Morgan fingerprint density at radius 3 is 2.73 bits per heavy atom. The molecule has 1 aromatic carbocycles. The van der Waals surface area contributed by atoms with Gasteiger partial charge in [-0.25, -0.2) is 0 Å². The lowest BCUT2D eigenvalue weighted by Gasteiger charge is -2.37. The number of hydrogen-bond acceptors (Lipinski definition) is 2. The monoisotopic (exact) mass is 350 g/mol. The number of hydrogen-bond donors (Lipinski definition) is 1. The molecular weight excluding hydrogens is 320 g/mol. The molecule has 3 aliphatic rings. The van der Waals surface area contributed by atoms with E-state index in [-0.39, 0.29) is 0 Å². The van der Waals surface area contributed by atoms with Gasteiger partial charge in [-0.15, -0.1) is 0 Å². The van der Waals surface area contributed by atoms with Crippen molar-refractivity contribution in [2.45, 2.75) is 71.3 Å². The average Bonchev–Trinajstić information content (AvgIpc) is 3.28. The Balaban J connectivity index is 1.56. The molecule has 1 saturated carbocycles. The fourth-order valence-corrected chi connectivity index (χ4v) is 5.56. The van der Waals surface area contributed by atoms with Gasteiger partial charge in [-0.05, 0) is 68.2 Å². The highest BCUT2D eigenvalue weighted by molar-refractivity contribution is 5.76. The average molecular weight is 351 g/mol. The van der Waals surface area contributed by atoms with Gasteiger partial charge in [0.25, 0.3) is 0 Å². The molecule has 1 N–H and O–H groups in total. The molecule has 3 heteroatoms. The molecule has 0 unspecified atom stereocenters. The second kappa shape index (κ2) is 6.37. The summed E-state index contributed by atoms with van der Waals surface area (Å²) in [7, 11) is 0. The van der Waals surface area contributed by atoms with E-state index in [2.05, 4.69) is 35.9 Å². The third kappa shape index (κ3) is 2.55. The Bertz CT molecular complexity index is 829. The Hall–Kier alpha value is -1.90. The van der Waals surface area contributed by atoms with Crippen LogP contribution in [0.25, 0.3) is 11.3 Å². The standard InChI is InChI=1S/C23H30N2O/c1-15-13-17-7-6-10-19(17)16(2)22(15)20-14-21-23(24-20)25(11-12-26-21)18-8-4-3-5-9-18/h13-14,18,24H,3-12H2,1-2H3. The van der Waals surface area contributed by atoms with Crippen molar-refractivity contribution >= 4 is 5.82 Å². The van der Waals surface area contributed by atoms with Crippen molar-refractivity contribution in [1.29, 1.82) is 0 Å². The first-order valence-corrected chi connectivity index (χ1v) is 10.5. The van der Waals surface area contributed by atoms with Gasteiger partial charge in [0.2, 0.25) is 0 Å². The van der Waals surface area contributed by atoms with Crippen LogP contribution in [0.4, 0.5) is 5.82 Å². The van der Waals surface area contributed by atoms with Crippen molar-refractivity contribution in [1.82, 2.24) is 4.98 Å². The third-order valence-electron chi connectivity index (χ3n) is 6.80. The number of nitrogens with one attached hydrogen (secondary N) is 1. The first kappa shape index (κ1) is 16.3. The summed E-state index contributed by atoms with van der Waals surface area (Å²) in [6.07, 6.45) is 10.6. The molecule has 0 saturated heterocycles. The zero-order valence-corrected chi connectivity index (χ0v) is 16.2. The number of H-pyrrole nitrogens is 1. The molecule has 0 bridgehead atoms. The quantitative estimate of drug-likeness (QED) is 0.794. The molecule has 0 spiro atoms. The highest BCUT2D eigenvalue weighted by Crippen LogP contribution is 2.42. The summed E-state index contributed by atoms with van der Waals surface area (Å²) in [5.74, 6) is 2.27. The van der Waals surface area contributed by atoms with Gasteiger partial charge < -0.3 is 14.6 Å². The number of aryl methyl sites for hydroxylation is 2. The largest absolute Gasteiger partial charge is 0.488 e. The number of rotatable bonds is 2. The number of fused-ring (bicyclic) bond motifs is 2. The van der Waals surface area contributed by atoms with E-state index in [1.165, 1.54) is 79.6 Å². The summed E-state index contributed by atoms with van der Waals surface area (Å²) >= 11 is 0. The minimum absolute atomic E-state index is 0.681. The molecule has 1 aromatic heterocycles. The number of aromatic amines is 1. The predicted molar refractivity (Wildman–Crippen MR) is 107 cm³/mol. The SMILES string of the molecule is Cc1cc2c(c(C)c1-c1cc3c([nH]1)N(C1CCCCC1)CCO3)CCC2. The maximum absolute atomic E-state index is 6.05. The van der Waals surface area contributed by atoms with Crippen LogP contribution >= 0.6 is 0 Å². The highest BCUT2D eigenvalue weighted by atomic mass is 16.5. The van der Waals surface area contributed by atoms with Gasteiger partial charge in [0.1, 0.15) is 12.4 Å². The summed E-state index contributed by atoms with van der Waals surface area (Å²) in [6, 6.07) is 5.35. The summed E-state index contributed by atoms with van der Waals surface area (Å²) in [5, 5.41) is 0. The van der Waals surface area contributed by atoms with Crippen LogP contribution in [0.3, 0.4) is 0 Å². The molecule has 1 fully saturated rings. The molecule has 1 aliphatic heterocycles. The molecule has 2 aromatic rings. The summed E-state index contributed by atoms with van der Waals surface area (Å²) in [5.41, 5.74) is 8.66. The Morgan fingerprint density at radius 2 is 1.88 bits per heavy atom. The maximum atomic E-state index is 6.05. The van der Waals surface area contributed by atoms with Crippen molar-refractivity contribution in [2.24, 2.45) is 0 Å². The zero-order chi connectivity index (χ0) is 17.7. The smallest absolute Gasteiger partial charge is 0.161 e. The fourth-order valence-electron chi connectivity index (χ4n) is 5.56. The normalized spacial score (nSPS) is 20.0. The van der Waals surface area contributed by atoms with Crippen LogP contribution < -0.4 is 9.64 Å². The lowest BCUT2D eigenvalue weighted by molar-refractivity contribution is 0.288. The van der Waals surface area contributed by atoms with Crippen molar-refractivity contribution < 1.29 is 4.74 Å². The lowest BCUT2D eigenvalue weighted by Crippen LogP contribution is -2.42. The molecular formula is C23H30N2O. The van der Waals surface area contributed by atoms with Crippen molar-refractivity contribution in [2.75, 3.05) is 18.1 Å². The van der Waals surface area contributed by atoms with Gasteiger partial charge in [0, 0.05) is 17.7 Å². The number of anilines is 1. The number of ether oxygens (including phenoxy) is 1. The van der Waals surface area contributed by atoms with Gasteiger partial charge >= 0.3 is 0 Å². The molecule has 2 aliphatic carbocycles. The van der Waals surface area contributed by atoms with Crippen LogP contribution in [0.15, 0.2) is 12.1 Å². The van der Waals surface area contributed by atoms with E-state index in [1.54, 1.807) is 11.1 Å². The van der Waals surface area contributed by atoms with E-state index < -0.39 is 0 Å². The van der Waals surface area contributed by atoms with E-state index >= 15 is 0 Å². The van der Waals surface area contributed by atoms with Gasteiger partial charge in [-0.2, -0.15) is 0 Å². The summed E-state index contributed by atoms with van der Waals surface area (Å²) in [6.45, 7) is 6.40. The molecule has 138 valence electrons. The highest BCUT2D eigenvalue weighted by Gasteiger charge is 2.29. The van der Waals surface area contributed by atoms with Crippen LogP contribution in [0.1, 0.15) is 60.8 Å². The Morgan fingerprint density at radius 1 is 1.04 bits per heavy atom. The van der Waals surface area contributed by atoms with E-state index in [1.807, 2.05) is 0 Å². The number of aromatic nitrogens is 1. The Labute approximate surface area is 156 Å². The van der Waals surface area contributed by atoms with Crippen molar-refractivity contribution in [3.8, 4) is 17.0 Å². The van der Waals surface area contributed by atoms with Crippen LogP contribution in [0.2, 0.25) is 0 Å². The molecule has 0 amide bonds. The predicted octanol–water partition coefficient (Wildman–Crippen LogP) is 5.32. The molecule has 3 nitrogen and oxygen atoms in total. The summed E-state index contributed by atoms with van der Waals surface area (Å²) < 4.78 is 6.05. The molecule has 2 heterocycles. The van der Waals surface area contributed by atoms with E-state index in [0.717, 1.165) is 18.9 Å². The first-order chi connectivity index (χ1) is 12.7. The Kier molecular flexibility index (Phi) is 3.99. The molecule has 0 atom stereocenters. The lowest BCUT2D eigenvalue weighted by atomic mass is 9.92. The molecule has 0 radical (unpaired) electrons. The van der Waals surface area contributed by atoms with Crippen molar-refractivity contribution in [3.63, 3.8) is 0 Å². The molecule has 26 heavy (non-hydrogen) atoms. The molecule has 5 rings (SSSR count). The van der Waals surface area contributed by atoms with Gasteiger partial charge in [0.15, 0.2) is 5.75 Å². The second-order valence-corrected chi connectivity index (χ2v) is 8.41. The minimum Gasteiger partial charge on any atom is -0.488 e. The van der Waals surface area contributed by atoms with Crippen molar-refractivity contribution in [3.05, 3.63) is 34.4 Å². The van der Waals surface area contributed by atoms with Crippen LogP contribution in [0, 0.1) is 13.8 Å². The van der Waals surface area contributed by atoms with Gasteiger partial charge in [0.05, 0.1) is 12.2 Å². The van der Waals surface area contributed by atoms with E-state index in [4.69, 9.17) is 4.74 Å². The third-order valence-corrected chi connectivity index (χ3v) is 6.80. The maximum Gasteiger partial charge on any atom is 0.161 e. The second-order valence-electron chi connectivity index (χ2n) is 8.41. The van der Waals surface area contributed by atoms with Crippen LogP contribution in [-0.2, 0) is 12.8 Å². The van der Waals surface area contributed by atoms with E-state index in [0.29, 0.717) is 6.04 Å². The van der Waals surface area contributed by atoms with E-state index in [9.17, 15) is 0 Å². The van der Waals surface area contributed by atoms with Crippen LogP contribution in [0.5, 0.6) is 5.75 Å². The van der Waals surface area contributed by atoms with Gasteiger partial charge in [-0.3, -0.25) is 0 Å². The number of benzene rings is 1. The summed E-state index contributed by atoms with van der Waals surface area (Å²) in [4.78, 5) is 6.37. The fraction of sp³-hybridized carbons (Fsp3) is 0.565. The van der Waals surface area contributed by atoms with Crippen LogP contribution in [-0.4, -0.2) is 24.2 Å². The first-order valence-electron chi connectivity index (χ1n) is 10.5. The van der Waals surface area contributed by atoms with Gasteiger partial charge in [-0.1, -0.05) is 25.3 Å². The minimum atomic E-state index is 0.681. The zero-order valence-electron chi connectivity index (χ0n) is 16.2. The topological polar surface area (TPSA) is 28.3 Å².